The van der Waals surface area contributed by atoms with Crippen molar-refractivity contribution in [1.82, 2.24) is 0 Å². The second kappa shape index (κ2) is 7.20. The molecule has 0 bridgehead atoms. The molecular formula is C20H29NO2. The van der Waals surface area contributed by atoms with Gasteiger partial charge in [-0.05, 0) is 54.4 Å². The van der Waals surface area contributed by atoms with Crippen molar-refractivity contribution in [2.45, 2.75) is 46.1 Å². The van der Waals surface area contributed by atoms with E-state index in [-0.39, 0.29) is 17.5 Å². The Morgan fingerprint density at radius 1 is 1.22 bits per heavy atom. The van der Waals surface area contributed by atoms with Gasteiger partial charge in [-0.15, -0.1) is 0 Å². The molecule has 0 spiro atoms. The first-order valence-corrected chi connectivity index (χ1v) is 8.41. The highest BCUT2D eigenvalue weighted by Crippen LogP contribution is 2.39. The van der Waals surface area contributed by atoms with Gasteiger partial charge in [-0.1, -0.05) is 32.9 Å². The van der Waals surface area contributed by atoms with Gasteiger partial charge in [-0.25, -0.2) is 4.79 Å². The quantitative estimate of drug-likeness (QED) is 0.604. The molecule has 2 unspecified atom stereocenters. The predicted octanol–water partition coefficient (Wildman–Crippen LogP) is 4.52. The third-order valence-electron chi connectivity index (χ3n) is 4.45. The van der Waals surface area contributed by atoms with Crippen LogP contribution in [-0.4, -0.2) is 26.2 Å². The Morgan fingerprint density at radius 3 is 2.43 bits per heavy atom. The molecule has 0 heterocycles. The molecule has 1 saturated carbocycles. The van der Waals surface area contributed by atoms with Crippen LogP contribution < -0.4 is 4.90 Å². The maximum absolute atomic E-state index is 12.1. The van der Waals surface area contributed by atoms with Gasteiger partial charge in [0.15, 0.2) is 0 Å². The van der Waals surface area contributed by atoms with E-state index in [9.17, 15) is 4.79 Å². The highest BCUT2D eigenvalue weighted by molar-refractivity contribution is 5.87. The molecule has 1 fully saturated rings. The number of hydrogen-bond acceptors (Lipinski definition) is 3. The lowest BCUT2D eigenvalue weighted by Gasteiger charge is -2.38. The van der Waals surface area contributed by atoms with E-state index >= 15 is 0 Å². The monoisotopic (exact) mass is 315 g/mol. The fraction of sp³-hybridized carbons (Fsp3) is 0.550. The first-order valence-electron chi connectivity index (χ1n) is 8.41. The number of rotatable bonds is 4. The molecule has 1 aromatic carbocycles. The van der Waals surface area contributed by atoms with E-state index in [1.807, 2.05) is 49.3 Å². The third kappa shape index (κ3) is 5.42. The number of benzene rings is 1. The van der Waals surface area contributed by atoms with Crippen LogP contribution in [0.5, 0.6) is 0 Å². The number of carbonyl (C=O) groups is 1. The van der Waals surface area contributed by atoms with Crippen molar-refractivity contribution in [2.75, 3.05) is 19.0 Å². The number of anilines is 1. The number of nitrogens with zero attached hydrogens (tertiary/aromatic N) is 1. The van der Waals surface area contributed by atoms with E-state index in [0.29, 0.717) is 5.92 Å². The topological polar surface area (TPSA) is 29.5 Å². The largest absolute Gasteiger partial charge is 0.459 e. The van der Waals surface area contributed by atoms with E-state index < -0.39 is 0 Å². The average Bonchev–Trinajstić information content (AvgIpc) is 2.43. The van der Waals surface area contributed by atoms with Crippen LogP contribution in [0.2, 0.25) is 0 Å². The summed E-state index contributed by atoms with van der Waals surface area (Å²) < 4.78 is 5.65. The summed E-state index contributed by atoms with van der Waals surface area (Å²) in [5.74, 6) is 0.371. The minimum Gasteiger partial charge on any atom is -0.459 e. The molecule has 3 heteroatoms. The summed E-state index contributed by atoms with van der Waals surface area (Å²) >= 11 is 0. The van der Waals surface area contributed by atoms with Gasteiger partial charge in [0.2, 0.25) is 0 Å². The minimum absolute atomic E-state index is 0.0435. The SMILES string of the molecule is CC1CC(OC(=O)C=Cc2ccc(N(C)C)cc2)CC(C)(C)C1. The van der Waals surface area contributed by atoms with E-state index in [1.165, 1.54) is 12.5 Å². The Morgan fingerprint density at radius 2 is 1.87 bits per heavy atom. The van der Waals surface area contributed by atoms with Crippen LogP contribution >= 0.6 is 0 Å². The van der Waals surface area contributed by atoms with Crippen LogP contribution in [0.15, 0.2) is 30.3 Å². The zero-order valence-electron chi connectivity index (χ0n) is 15.0. The molecule has 0 amide bonds. The molecule has 2 atom stereocenters. The Hall–Kier alpha value is -1.77. The van der Waals surface area contributed by atoms with Crippen LogP contribution in [0.4, 0.5) is 5.69 Å². The van der Waals surface area contributed by atoms with Crippen LogP contribution in [0.3, 0.4) is 0 Å². The zero-order valence-corrected chi connectivity index (χ0v) is 15.0. The lowest BCUT2D eigenvalue weighted by atomic mass is 9.71. The standard InChI is InChI=1S/C20H29NO2/c1-15-12-18(14-20(2,3)13-15)23-19(22)11-8-16-6-9-17(10-7-16)21(4)5/h6-11,15,18H,12-14H2,1-5H3. The summed E-state index contributed by atoms with van der Waals surface area (Å²) in [6.45, 7) is 6.75. The normalized spacial score (nSPS) is 23.7. The minimum atomic E-state index is -0.239. The van der Waals surface area contributed by atoms with Crippen molar-refractivity contribution in [3.05, 3.63) is 35.9 Å². The zero-order chi connectivity index (χ0) is 17.0. The van der Waals surface area contributed by atoms with Gasteiger partial charge in [0.25, 0.3) is 0 Å². The highest BCUT2D eigenvalue weighted by Gasteiger charge is 2.33. The second-order valence-electron chi connectivity index (χ2n) is 7.79. The molecule has 1 aromatic rings. The average molecular weight is 315 g/mol. The molecule has 0 saturated heterocycles. The highest BCUT2D eigenvalue weighted by atomic mass is 16.5. The molecule has 3 nitrogen and oxygen atoms in total. The van der Waals surface area contributed by atoms with Crippen molar-refractivity contribution in [3.8, 4) is 0 Å². The number of esters is 1. The molecule has 1 aliphatic carbocycles. The second-order valence-corrected chi connectivity index (χ2v) is 7.79. The van der Waals surface area contributed by atoms with Crippen molar-refractivity contribution in [1.29, 1.82) is 0 Å². The van der Waals surface area contributed by atoms with E-state index in [4.69, 9.17) is 4.74 Å². The smallest absolute Gasteiger partial charge is 0.331 e. The predicted molar refractivity (Wildman–Crippen MR) is 96.5 cm³/mol. The first kappa shape index (κ1) is 17.6. The molecule has 23 heavy (non-hydrogen) atoms. The molecule has 126 valence electrons. The summed E-state index contributed by atoms with van der Waals surface area (Å²) in [5, 5.41) is 0. The van der Waals surface area contributed by atoms with Crippen molar-refractivity contribution >= 4 is 17.7 Å². The van der Waals surface area contributed by atoms with Gasteiger partial charge >= 0.3 is 5.97 Å². The Balaban J connectivity index is 1.91. The van der Waals surface area contributed by atoms with Gasteiger partial charge in [0, 0.05) is 25.9 Å². The maximum Gasteiger partial charge on any atom is 0.331 e. The van der Waals surface area contributed by atoms with Crippen LogP contribution in [0.1, 0.15) is 45.6 Å². The van der Waals surface area contributed by atoms with Crippen LogP contribution in [0.25, 0.3) is 6.08 Å². The summed E-state index contributed by atoms with van der Waals surface area (Å²) in [4.78, 5) is 14.1. The van der Waals surface area contributed by atoms with E-state index in [0.717, 1.165) is 24.1 Å². The Bertz CT molecular complexity index is 558. The van der Waals surface area contributed by atoms with Gasteiger partial charge in [0.1, 0.15) is 6.10 Å². The summed E-state index contributed by atoms with van der Waals surface area (Å²) in [5.41, 5.74) is 2.40. The maximum atomic E-state index is 12.1. The Kier molecular flexibility index (Phi) is 5.51. The fourth-order valence-corrected chi connectivity index (χ4v) is 3.60. The fourth-order valence-electron chi connectivity index (χ4n) is 3.60. The van der Waals surface area contributed by atoms with Gasteiger partial charge in [0.05, 0.1) is 0 Å². The Labute approximate surface area is 140 Å². The summed E-state index contributed by atoms with van der Waals surface area (Å²) in [6, 6.07) is 8.09. The molecule has 0 aliphatic heterocycles. The number of ether oxygens (including phenoxy) is 1. The van der Waals surface area contributed by atoms with Gasteiger partial charge in [-0.2, -0.15) is 0 Å². The molecule has 0 aromatic heterocycles. The van der Waals surface area contributed by atoms with Gasteiger partial charge < -0.3 is 9.64 Å². The summed E-state index contributed by atoms with van der Waals surface area (Å²) in [6.07, 6.45) is 6.53. The molecule has 0 radical (unpaired) electrons. The third-order valence-corrected chi connectivity index (χ3v) is 4.45. The first-order chi connectivity index (χ1) is 10.7. The van der Waals surface area contributed by atoms with E-state index in [2.05, 4.69) is 20.8 Å². The van der Waals surface area contributed by atoms with Crippen molar-refractivity contribution in [3.63, 3.8) is 0 Å². The molecule has 2 rings (SSSR count). The van der Waals surface area contributed by atoms with Crippen molar-refractivity contribution in [2.24, 2.45) is 11.3 Å². The number of carbonyl (C=O) groups excluding carboxylic acids is 1. The molecular weight excluding hydrogens is 286 g/mol. The van der Waals surface area contributed by atoms with Gasteiger partial charge in [-0.3, -0.25) is 0 Å². The lowest BCUT2D eigenvalue weighted by Crippen LogP contribution is -2.33. The van der Waals surface area contributed by atoms with Crippen LogP contribution in [0, 0.1) is 11.3 Å². The summed E-state index contributed by atoms with van der Waals surface area (Å²) in [7, 11) is 4.02. The van der Waals surface area contributed by atoms with E-state index in [1.54, 1.807) is 0 Å². The van der Waals surface area contributed by atoms with Crippen molar-refractivity contribution < 1.29 is 9.53 Å². The molecule has 1 aliphatic rings. The van der Waals surface area contributed by atoms with Crippen LogP contribution in [-0.2, 0) is 9.53 Å². The molecule has 0 N–H and O–H groups in total. The number of hydrogen-bond donors (Lipinski definition) is 0. The lowest BCUT2D eigenvalue weighted by molar-refractivity contribution is -0.147.